The summed E-state index contributed by atoms with van der Waals surface area (Å²) in [6.45, 7) is -0.483. The first-order valence-corrected chi connectivity index (χ1v) is 9.05. The maximum absolute atomic E-state index is 11.9. The largest absolute Gasteiger partial charge is 0.451 e. The molecular formula is C14H13NO6S2. The topological polar surface area (TPSA) is 117 Å². The van der Waals surface area contributed by atoms with Crippen molar-refractivity contribution in [2.75, 3.05) is 12.9 Å². The van der Waals surface area contributed by atoms with Crippen molar-refractivity contribution in [2.24, 2.45) is 5.14 Å². The molecule has 0 amide bonds. The predicted octanol–water partition coefficient (Wildman–Crippen LogP) is 1.69. The third-order valence-corrected chi connectivity index (χ3v) is 4.33. The first-order valence-electron chi connectivity index (χ1n) is 6.28. The zero-order valence-electron chi connectivity index (χ0n) is 12.0. The number of nitrogens with two attached hydrogens (primary N) is 1. The highest BCUT2D eigenvalue weighted by molar-refractivity contribution is 7.98. The molecule has 2 rings (SSSR count). The number of thioether (sulfide) groups is 1. The lowest BCUT2D eigenvalue weighted by Crippen LogP contribution is -2.14. The van der Waals surface area contributed by atoms with Crippen LogP contribution in [-0.4, -0.2) is 33.0 Å². The minimum Gasteiger partial charge on any atom is -0.451 e. The molecule has 0 atom stereocenters. The summed E-state index contributed by atoms with van der Waals surface area (Å²) < 4.78 is 31.7. The van der Waals surface area contributed by atoms with E-state index in [-0.39, 0.29) is 11.5 Å². The number of furan rings is 1. The van der Waals surface area contributed by atoms with Gasteiger partial charge in [-0.25, -0.2) is 18.4 Å². The lowest BCUT2D eigenvalue weighted by molar-refractivity contribution is 0.0439. The quantitative estimate of drug-likeness (QED) is 0.476. The smallest absolute Gasteiger partial charge is 0.374 e. The van der Waals surface area contributed by atoms with Crippen LogP contribution in [0.4, 0.5) is 0 Å². The second-order valence-electron chi connectivity index (χ2n) is 4.39. The fourth-order valence-corrected chi connectivity index (χ4v) is 2.52. The van der Waals surface area contributed by atoms with Crippen LogP contribution in [0.25, 0.3) is 0 Å². The number of carbonyl (C=O) groups excluding carboxylic acids is 2. The molecule has 7 nitrogen and oxygen atoms in total. The highest BCUT2D eigenvalue weighted by atomic mass is 32.2. The summed E-state index contributed by atoms with van der Waals surface area (Å²) in [4.78, 5) is 24.6. The van der Waals surface area contributed by atoms with Crippen LogP contribution in [0.3, 0.4) is 0 Å². The Morgan fingerprint density at radius 1 is 1.17 bits per heavy atom. The number of primary sulfonamides is 1. The van der Waals surface area contributed by atoms with E-state index in [9.17, 15) is 18.0 Å². The normalized spacial score (nSPS) is 11.2. The molecule has 0 fully saturated rings. The first-order chi connectivity index (χ1) is 10.8. The number of hydrogen-bond donors (Lipinski definition) is 1. The van der Waals surface area contributed by atoms with Crippen molar-refractivity contribution in [3.8, 4) is 0 Å². The minimum absolute atomic E-state index is 0.348. The number of hydrogen-bond acceptors (Lipinski definition) is 7. The Morgan fingerprint density at radius 2 is 1.83 bits per heavy atom. The Morgan fingerprint density at radius 3 is 2.35 bits per heavy atom. The lowest BCUT2D eigenvalue weighted by Gasteiger charge is -2.03. The van der Waals surface area contributed by atoms with Gasteiger partial charge in [0.05, 0.1) is 0 Å². The number of ether oxygens (including phenoxy) is 1. The van der Waals surface area contributed by atoms with Crippen LogP contribution in [0, 0.1) is 0 Å². The van der Waals surface area contributed by atoms with E-state index in [0.29, 0.717) is 5.56 Å². The molecule has 122 valence electrons. The van der Waals surface area contributed by atoms with Gasteiger partial charge in [-0.05, 0) is 30.5 Å². The Bertz CT molecular complexity index is 823. The van der Waals surface area contributed by atoms with Gasteiger partial charge in [0.25, 0.3) is 10.0 Å². The number of carbonyl (C=O) groups is 2. The minimum atomic E-state index is -4.04. The molecule has 0 saturated heterocycles. The van der Waals surface area contributed by atoms with Crippen molar-refractivity contribution in [3.63, 3.8) is 0 Å². The summed E-state index contributed by atoms with van der Waals surface area (Å²) in [6.07, 6.45) is 1.91. The summed E-state index contributed by atoms with van der Waals surface area (Å²) in [5.41, 5.74) is 0.403. The third kappa shape index (κ3) is 4.44. The van der Waals surface area contributed by atoms with Crippen molar-refractivity contribution in [2.45, 2.75) is 9.99 Å². The zero-order valence-corrected chi connectivity index (χ0v) is 13.6. The molecule has 2 aromatic rings. The fourth-order valence-electron chi connectivity index (χ4n) is 1.65. The van der Waals surface area contributed by atoms with Gasteiger partial charge in [-0.15, -0.1) is 11.8 Å². The number of sulfonamides is 1. The van der Waals surface area contributed by atoms with Crippen LogP contribution in [-0.2, 0) is 14.8 Å². The van der Waals surface area contributed by atoms with Gasteiger partial charge < -0.3 is 9.15 Å². The van der Waals surface area contributed by atoms with Crippen LogP contribution in [0.2, 0.25) is 0 Å². The van der Waals surface area contributed by atoms with E-state index < -0.39 is 27.7 Å². The SMILES string of the molecule is CSc1ccc(C(=O)COC(=O)c2ccc(S(N)(=O)=O)o2)cc1. The van der Waals surface area contributed by atoms with Crippen LogP contribution >= 0.6 is 11.8 Å². The molecule has 0 unspecified atom stereocenters. The molecule has 0 saturated carbocycles. The van der Waals surface area contributed by atoms with Gasteiger partial charge in [-0.2, -0.15) is 0 Å². The molecule has 0 aliphatic carbocycles. The van der Waals surface area contributed by atoms with E-state index in [4.69, 9.17) is 14.3 Å². The molecule has 23 heavy (non-hydrogen) atoms. The molecule has 1 aromatic heterocycles. The fraction of sp³-hybridized carbons (Fsp3) is 0.143. The summed E-state index contributed by atoms with van der Waals surface area (Å²) in [6, 6.07) is 8.98. The second-order valence-corrected chi connectivity index (χ2v) is 6.76. The van der Waals surface area contributed by atoms with E-state index >= 15 is 0 Å². The highest BCUT2D eigenvalue weighted by Gasteiger charge is 2.19. The molecule has 1 aromatic carbocycles. The third-order valence-electron chi connectivity index (χ3n) is 2.81. The number of esters is 1. The van der Waals surface area contributed by atoms with Gasteiger partial charge in [0.1, 0.15) is 0 Å². The molecular weight excluding hydrogens is 342 g/mol. The van der Waals surface area contributed by atoms with E-state index in [0.717, 1.165) is 17.0 Å². The summed E-state index contributed by atoms with van der Waals surface area (Å²) in [5, 5.41) is 4.31. The molecule has 0 aliphatic rings. The van der Waals surface area contributed by atoms with E-state index in [1.54, 1.807) is 36.0 Å². The van der Waals surface area contributed by atoms with Gasteiger partial charge in [0.2, 0.25) is 10.9 Å². The van der Waals surface area contributed by atoms with E-state index in [1.807, 2.05) is 6.26 Å². The predicted molar refractivity (Wildman–Crippen MR) is 82.9 cm³/mol. The number of Topliss-reactive ketones (excluding diaryl/α,β-unsaturated/α-hetero) is 1. The number of ketones is 1. The molecule has 0 radical (unpaired) electrons. The number of rotatable bonds is 6. The Balaban J connectivity index is 1.98. The lowest BCUT2D eigenvalue weighted by atomic mass is 10.1. The number of benzene rings is 1. The molecule has 9 heteroatoms. The monoisotopic (exact) mass is 355 g/mol. The van der Waals surface area contributed by atoms with Gasteiger partial charge >= 0.3 is 5.97 Å². The van der Waals surface area contributed by atoms with Crippen molar-refractivity contribution >= 4 is 33.5 Å². The van der Waals surface area contributed by atoms with Crippen molar-refractivity contribution in [1.29, 1.82) is 0 Å². The van der Waals surface area contributed by atoms with Crippen LogP contribution < -0.4 is 5.14 Å². The maximum atomic E-state index is 11.9. The van der Waals surface area contributed by atoms with Crippen molar-refractivity contribution in [1.82, 2.24) is 0 Å². The van der Waals surface area contributed by atoms with Gasteiger partial charge in [-0.3, -0.25) is 4.79 Å². The molecule has 0 spiro atoms. The summed E-state index contributed by atoms with van der Waals surface area (Å²) in [7, 11) is -4.04. The second kappa shape index (κ2) is 6.99. The average Bonchev–Trinajstić information content (AvgIpc) is 3.02. The van der Waals surface area contributed by atoms with Crippen LogP contribution in [0.15, 0.2) is 50.8 Å². The standard InChI is InChI=1S/C14H13NO6S2/c1-22-10-4-2-9(3-5-10)11(16)8-20-14(17)12-6-7-13(21-12)23(15,18)19/h2-7H,8H2,1H3,(H2,15,18,19). The molecule has 2 N–H and O–H groups in total. The first kappa shape index (κ1) is 17.3. The Kier molecular flexibility index (Phi) is 5.24. The Hall–Kier alpha value is -2.10. The van der Waals surface area contributed by atoms with Crippen LogP contribution in [0.5, 0.6) is 0 Å². The highest BCUT2D eigenvalue weighted by Crippen LogP contribution is 2.16. The zero-order chi connectivity index (χ0) is 17.0. The molecule has 1 heterocycles. The molecule has 0 aliphatic heterocycles. The van der Waals surface area contributed by atoms with Gasteiger partial charge in [-0.1, -0.05) is 12.1 Å². The van der Waals surface area contributed by atoms with Gasteiger partial charge in [0.15, 0.2) is 12.4 Å². The average molecular weight is 355 g/mol. The Labute approximate surface area is 136 Å². The summed E-state index contributed by atoms with van der Waals surface area (Å²) in [5.74, 6) is -1.68. The van der Waals surface area contributed by atoms with E-state index in [2.05, 4.69) is 0 Å². The van der Waals surface area contributed by atoms with Crippen molar-refractivity contribution < 1.29 is 27.2 Å². The van der Waals surface area contributed by atoms with Crippen molar-refractivity contribution in [3.05, 3.63) is 47.7 Å². The van der Waals surface area contributed by atoms with E-state index in [1.165, 1.54) is 0 Å². The maximum Gasteiger partial charge on any atom is 0.374 e. The van der Waals surface area contributed by atoms with Crippen LogP contribution in [0.1, 0.15) is 20.9 Å². The molecule has 0 bridgehead atoms. The summed E-state index contributed by atoms with van der Waals surface area (Å²) >= 11 is 1.54. The van der Waals surface area contributed by atoms with Gasteiger partial charge in [0, 0.05) is 10.5 Å².